The molecule has 7 nitrogen and oxygen atoms in total. The Kier molecular flexibility index (Phi) is 3.47. The average molecular weight is 270 g/mol. The molecule has 19 heavy (non-hydrogen) atoms. The zero-order valence-corrected chi connectivity index (χ0v) is 9.47. The van der Waals surface area contributed by atoms with Crippen molar-refractivity contribution in [3.05, 3.63) is 39.7 Å². The first-order valence-electron chi connectivity index (χ1n) is 5.20. The smallest absolute Gasteiger partial charge is 0.305 e. The lowest BCUT2D eigenvalue weighted by Gasteiger charge is -2.00. The number of rotatable bonds is 4. The Morgan fingerprint density at radius 1 is 1.42 bits per heavy atom. The molecular weight excluding hydrogens is 262 g/mol. The van der Waals surface area contributed by atoms with Crippen LogP contribution < -0.4 is 5.73 Å². The molecule has 9 heteroatoms. The van der Waals surface area contributed by atoms with E-state index in [4.69, 9.17) is 5.73 Å². The Balaban J connectivity index is 2.53. The summed E-state index contributed by atoms with van der Waals surface area (Å²) in [6, 6.07) is 1.49. The van der Waals surface area contributed by atoms with Gasteiger partial charge in [0, 0.05) is 12.5 Å². The minimum Gasteiger partial charge on any atom is -0.334 e. The number of nitrogens with two attached hydrogens (primary N) is 1. The van der Waals surface area contributed by atoms with Crippen molar-refractivity contribution in [3.8, 4) is 11.5 Å². The number of hydrogen-bond acceptors (Lipinski definition) is 6. The van der Waals surface area contributed by atoms with Gasteiger partial charge in [-0.3, -0.25) is 10.1 Å². The van der Waals surface area contributed by atoms with E-state index in [2.05, 4.69) is 14.7 Å². The van der Waals surface area contributed by atoms with E-state index in [0.717, 1.165) is 12.1 Å². The lowest BCUT2D eigenvalue weighted by molar-refractivity contribution is -0.387. The van der Waals surface area contributed by atoms with Crippen molar-refractivity contribution < 1.29 is 18.2 Å². The molecule has 1 aromatic carbocycles. The maximum absolute atomic E-state index is 13.8. The normalized spacial score (nSPS) is 10.7. The molecule has 0 saturated heterocycles. The molecule has 2 aromatic rings. The molecule has 2 N–H and O–H groups in total. The van der Waals surface area contributed by atoms with Crippen LogP contribution in [0.5, 0.6) is 0 Å². The van der Waals surface area contributed by atoms with Crippen molar-refractivity contribution in [1.82, 2.24) is 10.1 Å². The van der Waals surface area contributed by atoms with Crippen molar-refractivity contribution in [2.24, 2.45) is 5.73 Å². The number of hydrogen-bond donors (Lipinski definition) is 1. The quantitative estimate of drug-likeness (QED) is 0.664. The maximum atomic E-state index is 13.8. The van der Waals surface area contributed by atoms with Gasteiger partial charge in [0.15, 0.2) is 5.82 Å². The van der Waals surface area contributed by atoms with Gasteiger partial charge in [0.1, 0.15) is 11.4 Å². The fraction of sp³-hybridized carbons (Fsp3) is 0.200. The monoisotopic (exact) mass is 270 g/mol. The van der Waals surface area contributed by atoms with Crippen LogP contribution >= 0.6 is 0 Å². The van der Waals surface area contributed by atoms with E-state index in [1.807, 2.05) is 0 Å². The van der Waals surface area contributed by atoms with Crippen molar-refractivity contribution in [2.75, 3.05) is 6.54 Å². The highest BCUT2D eigenvalue weighted by Gasteiger charge is 2.26. The zero-order valence-electron chi connectivity index (χ0n) is 9.47. The Morgan fingerprint density at radius 3 is 2.79 bits per heavy atom. The van der Waals surface area contributed by atoms with Crippen molar-refractivity contribution >= 4 is 5.69 Å². The molecule has 0 aliphatic carbocycles. The van der Waals surface area contributed by atoms with Crippen LogP contribution in [0.3, 0.4) is 0 Å². The van der Waals surface area contributed by atoms with Gasteiger partial charge in [-0.05, 0) is 12.6 Å². The van der Waals surface area contributed by atoms with E-state index in [1.54, 1.807) is 0 Å². The lowest BCUT2D eigenvalue weighted by atomic mass is 10.1. The first-order chi connectivity index (χ1) is 9.04. The Labute approximate surface area is 105 Å². The third kappa shape index (κ3) is 2.40. The topological polar surface area (TPSA) is 108 Å². The molecule has 0 aliphatic heterocycles. The highest BCUT2D eigenvalue weighted by molar-refractivity contribution is 5.60. The summed E-state index contributed by atoms with van der Waals surface area (Å²) in [5, 5.41) is 14.1. The van der Waals surface area contributed by atoms with E-state index in [1.165, 1.54) is 0 Å². The first-order valence-corrected chi connectivity index (χ1v) is 5.20. The van der Waals surface area contributed by atoms with Crippen LogP contribution in [0.2, 0.25) is 0 Å². The van der Waals surface area contributed by atoms with Crippen LogP contribution in [0.25, 0.3) is 11.5 Å². The average Bonchev–Trinajstić information content (AvgIpc) is 2.77. The highest BCUT2D eigenvalue weighted by atomic mass is 19.1. The predicted molar refractivity (Wildman–Crippen MR) is 59.1 cm³/mol. The van der Waals surface area contributed by atoms with E-state index in [-0.39, 0.29) is 18.8 Å². The van der Waals surface area contributed by atoms with Gasteiger partial charge in [-0.1, -0.05) is 5.16 Å². The number of nitro benzene ring substituents is 1. The van der Waals surface area contributed by atoms with Gasteiger partial charge in [-0.15, -0.1) is 0 Å². The minimum absolute atomic E-state index is 0.169. The van der Waals surface area contributed by atoms with Crippen molar-refractivity contribution in [1.29, 1.82) is 0 Å². The highest BCUT2D eigenvalue weighted by Crippen LogP contribution is 2.30. The summed E-state index contributed by atoms with van der Waals surface area (Å²) < 4.78 is 32.1. The summed E-state index contributed by atoms with van der Waals surface area (Å²) in [4.78, 5) is 13.4. The Morgan fingerprint density at radius 2 is 2.16 bits per heavy atom. The first kappa shape index (κ1) is 13.0. The Hall–Kier alpha value is -2.42. The molecule has 0 bridgehead atoms. The Bertz CT molecular complexity index is 629. The van der Waals surface area contributed by atoms with Crippen LogP contribution in [-0.2, 0) is 6.42 Å². The van der Waals surface area contributed by atoms with Gasteiger partial charge in [0.25, 0.3) is 5.89 Å². The second-order valence-electron chi connectivity index (χ2n) is 3.57. The van der Waals surface area contributed by atoms with Gasteiger partial charge in [-0.25, -0.2) is 4.39 Å². The molecule has 0 atom stereocenters. The molecule has 0 unspecified atom stereocenters. The summed E-state index contributed by atoms with van der Waals surface area (Å²) in [6.45, 7) is 0.235. The summed E-state index contributed by atoms with van der Waals surface area (Å²) in [5.41, 5.74) is 3.69. The van der Waals surface area contributed by atoms with Crippen molar-refractivity contribution in [2.45, 2.75) is 6.42 Å². The minimum atomic E-state index is -1.35. The van der Waals surface area contributed by atoms with Gasteiger partial charge in [-0.2, -0.15) is 9.37 Å². The van der Waals surface area contributed by atoms with Gasteiger partial charge in [0.2, 0.25) is 5.82 Å². The third-order valence-corrected chi connectivity index (χ3v) is 2.32. The maximum Gasteiger partial charge on any atom is 0.305 e. The van der Waals surface area contributed by atoms with E-state index in [9.17, 15) is 18.9 Å². The van der Waals surface area contributed by atoms with E-state index in [0.29, 0.717) is 0 Å². The zero-order chi connectivity index (χ0) is 14.0. The molecular formula is C10H8F2N4O3. The van der Waals surface area contributed by atoms with Crippen molar-refractivity contribution in [3.63, 3.8) is 0 Å². The number of nitrogens with zero attached hydrogens (tertiary/aromatic N) is 3. The van der Waals surface area contributed by atoms with Crippen LogP contribution in [0, 0.1) is 21.7 Å². The number of benzene rings is 1. The molecule has 1 aromatic heterocycles. The van der Waals surface area contributed by atoms with E-state index >= 15 is 0 Å². The SMILES string of the molecule is NCCc1noc(-c2c(F)ccc([N+](=O)[O-])c2F)n1. The predicted octanol–water partition coefficient (Wildman–Crippen LogP) is 1.42. The fourth-order valence-electron chi connectivity index (χ4n) is 1.46. The second-order valence-corrected chi connectivity index (χ2v) is 3.57. The largest absolute Gasteiger partial charge is 0.334 e. The fourth-order valence-corrected chi connectivity index (χ4v) is 1.46. The molecule has 0 aliphatic rings. The van der Waals surface area contributed by atoms with Crippen LogP contribution in [0.15, 0.2) is 16.7 Å². The van der Waals surface area contributed by atoms with Gasteiger partial charge in [0.05, 0.1) is 4.92 Å². The van der Waals surface area contributed by atoms with Crippen LogP contribution in [-0.4, -0.2) is 21.6 Å². The molecule has 0 amide bonds. The summed E-state index contributed by atoms with van der Waals surface area (Å²) in [5.74, 6) is -2.66. The third-order valence-electron chi connectivity index (χ3n) is 2.32. The van der Waals surface area contributed by atoms with Crippen LogP contribution in [0.1, 0.15) is 5.82 Å². The second kappa shape index (κ2) is 5.06. The summed E-state index contributed by atoms with van der Waals surface area (Å²) in [6.07, 6.45) is 0.266. The van der Waals surface area contributed by atoms with E-state index < -0.39 is 33.7 Å². The number of halogens is 2. The number of nitro groups is 1. The summed E-state index contributed by atoms with van der Waals surface area (Å²) in [7, 11) is 0. The van der Waals surface area contributed by atoms with Gasteiger partial charge < -0.3 is 10.3 Å². The lowest BCUT2D eigenvalue weighted by Crippen LogP contribution is -2.04. The molecule has 2 rings (SSSR count). The molecule has 1 heterocycles. The molecule has 0 radical (unpaired) electrons. The molecule has 0 spiro atoms. The standard InChI is InChI=1S/C10H8F2N4O3/c11-5-1-2-6(16(17)18)9(12)8(5)10-14-7(3-4-13)15-19-10/h1-2H,3-4,13H2. The summed E-state index contributed by atoms with van der Waals surface area (Å²) >= 11 is 0. The van der Waals surface area contributed by atoms with Gasteiger partial charge >= 0.3 is 5.69 Å². The molecule has 0 fully saturated rings. The molecule has 100 valence electrons. The van der Waals surface area contributed by atoms with Crippen LogP contribution in [0.4, 0.5) is 14.5 Å². The number of aromatic nitrogens is 2. The molecule has 0 saturated carbocycles.